The average Bonchev–Trinajstić information content (AvgIpc) is 3.55. The molecule has 0 saturated carbocycles. The second-order valence-electron chi connectivity index (χ2n) is 13.8. The molecule has 53 heavy (non-hydrogen) atoms. The van der Waals surface area contributed by atoms with Crippen LogP contribution in [0.2, 0.25) is 0 Å². The maximum atomic E-state index is 2.37. The number of hydrogen-bond acceptors (Lipinski definition) is 1. The first-order chi connectivity index (χ1) is 26.2. The number of para-hydroxylation sites is 3. The minimum absolute atomic E-state index is 1.11. The van der Waals surface area contributed by atoms with Crippen LogP contribution in [0, 0.1) is 6.92 Å². The van der Waals surface area contributed by atoms with Crippen molar-refractivity contribution in [2.24, 2.45) is 0 Å². The van der Waals surface area contributed by atoms with Gasteiger partial charge in [0.25, 0.3) is 0 Å². The molecule has 0 radical (unpaired) electrons. The van der Waals surface area contributed by atoms with E-state index in [4.69, 9.17) is 0 Å². The quantitative estimate of drug-likeness (QED) is 0.159. The van der Waals surface area contributed by atoms with Gasteiger partial charge in [0.05, 0.1) is 11.0 Å². The molecular formula is C51H36N2. The molecule has 0 amide bonds. The van der Waals surface area contributed by atoms with Crippen LogP contribution in [0.5, 0.6) is 0 Å². The molecule has 0 aliphatic heterocycles. The van der Waals surface area contributed by atoms with Crippen molar-refractivity contribution in [3.8, 4) is 27.9 Å². The monoisotopic (exact) mass is 676 g/mol. The van der Waals surface area contributed by atoms with Gasteiger partial charge in [-0.3, -0.25) is 0 Å². The zero-order valence-corrected chi connectivity index (χ0v) is 29.4. The second kappa shape index (κ2) is 12.7. The van der Waals surface area contributed by atoms with E-state index in [0.717, 1.165) is 22.7 Å². The zero-order valence-electron chi connectivity index (χ0n) is 29.4. The van der Waals surface area contributed by atoms with Crippen LogP contribution < -0.4 is 4.90 Å². The fourth-order valence-electron chi connectivity index (χ4n) is 8.28. The molecule has 10 rings (SSSR count). The van der Waals surface area contributed by atoms with Crippen molar-refractivity contribution in [2.45, 2.75) is 6.92 Å². The van der Waals surface area contributed by atoms with Crippen LogP contribution in [0.25, 0.3) is 71.3 Å². The highest BCUT2D eigenvalue weighted by Gasteiger charge is 2.20. The lowest BCUT2D eigenvalue weighted by atomic mass is 9.85. The van der Waals surface area contributed by atoms with Crippen LogP contribution in [-0.2, 0) is 0 Å². The first-order valence-corrected chi connectivity index (χ1v) is 18.3. The fourth-order valence-corrected chi connectivity index (χ4v) is 8.28. The average molecular weight is 677 g/mol. The third-order valence-electron chi connectivity index (χ3n) is 10.6. The Morgan fingerprint density at radius 1 is 0.340 bits per heavy atom. The number of aryl methyl sites for hydroxylation is 1. The Hall–Kier alpha value is -6.90. The third kappa shape index (κ3) is 5.19. The summed E-state index contributed by atoms with van der Waals surface area (Å²) in [6, 6.07) is 72.7. The summed E-state index contributed by atoms with van der Waals surface area (Å²) in [7, 11) is 0. The van der Waals surface area contributed by atoms with E-state index < -0.39 is 0 Å². The lowest BCUT2D eigenvalue weighted by Gasteiger charge is -2.26. The van der Waals surface area contributed by atoms with Gasteiger partial charge >= 0.3 is 0 Å². The molecule has 2 heteroatoms. The maximum absolute atomic E-state index is 2.37. The molecule has 0 N–H and O–H groups in total. The van der Waals surface area contributed by atoms with Crippen LogP contribution in [0.1, 0.15) is 5.56 Å². The Morgan fingerprint density at radius 3 is 1.57 bits per heavy atom. The van der Waals surface area contributed by atoms with Crippen molar-refractivity contribution in [3.63, 3.8) is 0 Å². The molecule has 0 aliphatic carbocycles. The lowest BCUT2D eigenvalue weighted by Crippen LogP contribution is -2.09. The van der Waals surface area contributed by atoms with Gasteiger partial charge in [0.1, 0.15) is 0 Å². The number of anilines is 3. The summed E-state index contributed by atoms with van der Waals surface area (Å²) in [5.41, 5.74) is 13.2. The Labute approximate surface area is 309 Å². The molecule has 0 saturated heterocycles. The largest absolute Gasteiger partial charge is 0.310 e. The minimum atomic E-state index is 1.11. The van der Waals surface area contributed by atoms with E-state index in [1.807, 2.05) is 0 Å². The Morgan fingerprint density at radius 2 is 0.849 bits per heavy atom. The van der Waals surface area contributed by atoms with Crippen LogP contribution in [0.15, 0.2) is 200 Å². The van der Waals surface area contributed by atoms with Gasteiger partial charge < -0.3 is 9.47 Å². The van der Waals surface area contributed by atoms with E-state index in [-0.39, 0.29) is 0 Å². The van der Waals surface area contributed by atoms with Crippen LogP contribution in [0.3, 0.4) is 0 Å². The van der Waals surface area contributed by atoms with Crippen molar-refractivity contribution in [1.29, 1.82) is 0 Å². The predicted octanol–water partition coefficient (Wildman–Crippen LogP) is 14.2. The summed E-state index contributed by atoms with van der Waals surface area (Å²) in [6.45, 7) is 2.19. The molecule has 1 aromatic heterocycles. The van der Waals surface area contributed by atoms with Crippen LogP contribution >= 0.6 is 0 Å². The number of benzene rings is 9. The van der Waals surface area contributed by atoms with E-state index in [2.05, 4.69) is 217 Å². The Bertz CT molecular complexity index is 2920. The highest BCUT2D eigenvalue weighted by Crippen LogP contribution is 2.45. The van der Waals surface area contributed by atoms with Gasteiger partial charge in [-0.15, -0.1) is 0 Å². The van der Waals surface area contributed by atoms with E-state index in [1.165, 1.54) is 71.2 Å². The van der Waals surface area contributed by atoms with E-state index in [1.54, 1.807) is 0 Å². The molecule has 0 spiro atoms. The van der Waals surface area contributed by atoms with E-state index in [0.29, 0.717) is 0 Å². The van der Waals surface area contributed by atoms with E-state index in [9.17, 15) is 0 Å². The standard InChI is InChI=1S/C51H36N2/c1-35-25-31-45-47(33-35)51(44-23-12-11-22-43(44)50(45)36-15-5-2-6-16-36)37-26-28-40(29-27-37)52(38-17-7-3-8-18-38)41-30-32-49-46(34-41)42-21-13-14-24-48(42)53(49)39-19-9-4-10-20-39/h2-34H,1H3. The van der Waals surface area contributed by atoms with Gasteiger partial charge in [0, 0.05) is 33.5 Å². The van der Waals surface area contributed by atoms with Crippen molar-refractivity contribution in [2.75, 3.05) is 4.90 Å². The van der Waals surface area contributed by atoms with Crippen molar-refractivity contribution < 1.29 is 0 Å². The van der Waals surface area contributed by atoms with Gasteiger partial charge in [-0.2, -0.15) is 0 Å². The van der Waals surface area contributed by atoms with Gasteiger partial charge in [0.15, 0.2) is 0 Å². The normalized spacial score (nSPS) is 11.5. The Kier molecular flexibility index (Phi) is 7.40. The second-order valence-corrected chi connectivity index (χ2v) is 13.8. The summed E-state index contributed by atoms with van der Waals surface area (Å²) in [5.74, 6) is 0. The van der Waals surface area contributed by atoms with Gasteiger partial charge in [0.2, 0.25) is 0 Å². The molecule has 0 bridgehead atoms. The van der Waals surface area contributed by atoms with Crippen molar-refractivity contribution in [1.82, 2.24) is 4.57 Å². The van der Waals surface area contributed by atoms with Gasteiger partial charge in [-0.05, 0) is 111 Å². The molecule has 10 aromatic rings. The van der Waals surface area contributed by atoms with Gasteiger partial charge in [-0.1, -0.05) is 145 Å². The molecule has 1 heterocycles. The highest BCUT2D eigenvalue weighted by atomic mass is 15.1. The Balaban J connectivity index is 1.15. The number of aromatic nitrogens is 1. The van der Waals surface area contributed by atoms with Crippen molar-refractivity contribution in [3.05, 3.63) is 206 Å². The molecular weight excluding hydrogens is 641 g/mol. The number of fused-ring (bicyclic) bond motifs is 5. The number of nitrogens with zero attached hydrogens (tertiary/aromatic N) is 2. The zero-order chi connectivity index (χ0) is 35.3. The molecule has 2 nitrogen and oxygen atoms in total. The predicted molar refractivity (Wildman–Crippen MR) is 226 cm³/mol. The van der Waals surface area contributed by atoms with Crippen LogP contribution in [-0.4, -0.2) is 4.57 Å². The molecule has 0 fully saturated rings. The smallest absolute Gasteiger partial charge is 0.0542 e. The summed E-state index contributed by atoms with van der Waals surface area (Å²) >= 11 is 0. The first-order valence-electron chi connectivity index (χ1n) is 18.3. The molecule has 0 atom stereocenters. The van der Waals surface area contributed by atoms with Crippen LogP contribution in [0.4, 0.5) is 17.1 Å². The highest BCUT2D eigenvalue weighted by molar-refractivity contribution is 6.21. The fraction of sp³-hybridized carbons (Fsp3) is 0.0196. The lowest BCUT2D eigenvalue weighted by molar-refractivity contribution is 1.18. The first kappa shape index (κ1) is 30.9. The number of hydrogen-bond donors (Lipinski definition) is 0. The minimum Gasteiger partial charge on any atom is -0.310 e. The summed E-state index contributed by atoms with van der Waals surface area (Å²) in [4.78, 5) is 2.37. The molecule has 250 valence electrons. The molecule has 0 unspecified atom stereocenters. The molecule has 0 aliphatic rings. The van der Waals surface area contributed by atoms with E-state index >= 15 is 0 Å². The summed E-state index contributed by atoms with van der Waals surface area (Å²) in [5, 5.41) is 7.54. The van der Waals surface area contributed by atoms with Crippen molar-refractivity contribution >= 4 is 60.4 Å². The third-order valence-corrected chi connectivity index (χ3v) is 10.6. The maximum Gasteiger partial charge on any atom is 0.0542 e. The summed E-state index contributed by atoms with van der Waals surface area (Å²) < 4.78 is 2.37. The topological polar surface area (TPSA) is 8.17 Å². The SMILES string of the molecule is Cc1ccc2c(-c3ccccc3)c3ccccc3c(-c3ccc(N(c4ccccc4)c4ccc5c(c4)c4ccccc4n5-c4ccccc4)cc3)c2c1. The summed E-state index contributed by atoms with van der Waals surface area (Å²) in [6.07, 6.45) is 0. The number of rotatable bonds is 6. The van der Waals surface area contributed by atoms with Gasteiger partial charge in [-0.25, -0.2) is 0 Å². The molecule has 9 aromatic carbocycles.